The fourth-order valence-electron chi connectivity index (χ4n) is 4.65. The minimum atomic E-state index is -1.14. The van der Waals surface area contributed by atoms with Gasteiger partial charge in [-0.2, -0.15) is 0 Å². The number of halogens is 1. The normalized spacial score (nSPS) is 16.8. The van der Waals surface area contributed by atoms with E-state index in [-0.39, 0.29) is 30.6 Å². The predicted octanol–water partition coefficient (Wildman–Crippen LogP) is 3.50. The first-order valence-electron chi connectivity index (χ1n) is 12.3. The Kier molecular flexibility index (Phi) is 6.40. The van der Waals surface area contributed by atoms with Crippen molar-refractivity contribution in [1.82, 2.24) is 24.6 Å². The lowest BCUT2D eigenvalue weighted by molar-refractivity contribution is -0.00487. The standard InChI is InChI=1S/C26H29FN6O4/c1-15-7-8-22-30-31-23(33(15)22)20-5-4-6-21(28-20)29-24(34)18-11-17-13-32(10-9-16(17)12-19(18)27)25(35)37-14-26(2,3)36/h4-6,11-12,15,36H,7-10,13-14H2,1-3H3,(H,28,29,34)/t15-/m1/s1. The van der Waals surface area contributed by atoms with E-state index >= 15 is 0 Å². The molecule has 10 nitrogen and oxygen atoms in total. The molecule has 2 aromatic heterocycles. The second kappa shape index (κ2) is 9.55. The van der Waals surface area contributed by atoms with Crippen LogP contribution >= 0.6 is 0 Å². The van der Waals surface area contributed by atoms with Gasteiger partial charge in [-0.3, -0.25) is 4.79 Å². The van der Waals surface area contributed by atoms with Gasteiger partial charge in [-0.1, -0.05) is 6.07 Å². The second-order valence-corrected chi connectivity index (χ2v) is 10.2. The third-order valence-corrected chi connectivity index (χ3v) is 6.57. The Morgan fingerprint density at radius 2 is 2.03 bits per heavy atom. The Morgan fingerprint density at radius 3 is 2.81 bits per heavy atom. The third kappa shape index (κ3) is 5.17. The Hall–Kier alpha value is -3.86. The van der Waals surface area contributed by atoms with E-state index in [1.54, 1.807) is 32.0 Å². The topological polar surface area (TPSA) is 122 Å². The van der Waals surface area contributed by atoms with Crippen molar-refractivity contribution >= 4 is 17.8 Å². The molecule has 0 spiro atoms. The molecule has 1 atom stereocenters. The molecule has 194 valence electrons. The molecule has 0 saturated carbocycles. The molecule has 1 aromatic carbocycles. The van der Waals surface area contributed by atoms with Gasteiger partial charge in [-0.05, 0) is 69.0 Å². The smallest absolute Gasteiger partial charge is 0.410 e. The molecule has 2 aliphatic heterocycles. The molecule has 0 bridgehead atoms. The summed E-state index contributed by atoms with van der Waals surface area (Å²) in [5, 5.41) is 21.0. The van der Waals surface area contributed by atoms with Crippen molar-refractivity contribution in [3.05, 3.63) is 58.7 Å². The first-order chi connectivity index (χ1) is 17.6. The van der Waals surface area contributed by atoms with Crippen LogP contribution in [0.25, 0.3) is 11.5 Å². The summed E-state index contributed by atoms with van der Waals surface area (Å²) in [7, 11) is 0. The molecule has 2 aliphatic rings. The zero-order valence-corrected chi connectivity index (χ0v) is 21.0. The average molecular weight is 509 g/mol. The van der Waals surface area contributed by atoms with Crippen molar-refractivity contribution in [2.45, 2.75) is 58.2 Å². The van der Waals surface area contributed by atoms with Crippen molar-refractivity contribution in [3.63, 3.8) is 0 Å². The van der Waals surface area contributed by atoms with Gasteiger partial charge in [0, 0.05) is 25.6 Å². The highest BCUT2D eigenvalue weighted by molar-refractivity contribution is 6.04. The largest absolute Gasteiger partial charge is 0.446 e. The van der Waals surface area contributed by atoms with Crippen LogP contribution in [0.2, 0.25) is 0 Å². The summed E-state index contributed by atoms with van der Waals surface area (Å²) in [4.78, 5) is 31.4. The lowest BCUT2D eigenvalue weighted by Gasteiger charge is -2.29. The molecular weight excluding hydrogens is 479 g/mol. The monoisotopic (exact) mass is 508 g/mol. The van der Waals surface area contributed by atoms with Crippen LogP contribution in [0.5, 0.6) is 0 Å². The van der Waals surface area contributed by atoms with E-state index in [4.69, 9.17) is 4.74 Å². The van der Waals surface area contributed by atoms with Gasteiger partial charge >= 0.3 is 6.09 Å². The summed E-state index contributed by atoms with van der Waals surface area (Å²) in [6.07, 6.45) is 1.70. The van der Waals surface area contributed by atoms with E-state index in [1.807, 2.05) is 0 Å². The summed E-state index contributed by atoms with van der Waals surface area (Å²) in [5.41, 5.74) is 0.671. The Morgan fingerprint density at radius 1 is 1.22 bits per heavy atom. The number of benzene rings is 1. The highest BCUT2D eigenvalue weighted by Gasteiger charge is 2.27. The van der Waals surface area contributed by atoms with Gasteiger partial charge in [-0.15, -0.1) is 10.2 Å². The molecule has 37 heavy (non-hydrogen) atoms. The molecule has 3 aromatic rings. The number of fused-ring (bicyclic) bond motifs is 2. The fraction of sp³-hybridized carbons (Fsp3) is 0.423. The van der Waals surface area contributed by atoms with Crippen LogP contribution in [0.15, 0.2) is 30.3 Å². The van der Waals surface area contributed by atoms with Crippen molar-refractivity contribution in [2.24, 2.45) is 0 Å². The van der Waals surface area contributed by atoms with Gasteiger partial charge in [0.2, 0.25) is 0 Å². The van der Waals surface area contributed by atoms with Crippen molar-refractivity contribution in [3.8, 4) is 11.5 Å². The maximum atomic E-state index is 14.9. The maximum absolute atomic E-state index is 14.9. The van der Waals surface area contributed by atoms with E-state index in [1.165, 1.54) is 17.0 Å². The number of anilines is 1. The number of hydrogen-bond acceptors (Lipinski definition) is 7. The minimum Gasteiger partial charge on any atom is -0.446 e. The quantitative estimate of drug-likeness (QED) is 0.541. The van der Waals surface area contributed by atoms with Crippen molar-refractivity contribution in [1.29, 1.82) is 0 Å². The van der Waals surface area contributed by atoms with E-state index in [0.29, 0.717) is 30.0 Å². The fourth-order valence-corrected chi connectivity index (χ4v) is 4.65. The number of hydrogen-bond donors (Lipinski definition) is 2. The number of aryl methyl sites for hydroxylation is 1. The van der Waals surface area contributed by atoms with Crippen molar-refractivity contribution in [2.75, 3.05) is 18.5 Å². The Labute approximate surface area is 213 Å². The summed E-state index contributed by atoms with van der Waals surface area (Å²) in [5.74, 6) is 0.515. The van der Waals surface area contributed by atoms with Crippen LogP contribution in [0.1, 0.15) is 60.5 Å². The molecule has 0 unspecified atom stereocenters. The first kappa shape index (κ1) is 24.8. The molecule has 2 N–H and O–H groups in total. The highest BCUT2D eigenvalue weighted by Crippen LogP contribution is 2.30. The summed E-state index contributed by atoms with van der Waals surface area (Å²) < 4.78 is 22.1. The predicted molar refractivity (Wildman–Crippen MR) is 132 cm³/mol. The number of ether oxygens (including phenoxy) is 1. The summed E-state index contributed by atoms with van der Waals surface area (Å²) in [6, 6.07) is 8.24. The lowest BCUT2D eigenvalue weighted by atomic mass is 9.96. The van der Waals surface area contributed by atoms with Gasteiger partial charge < -0.3 is 24.6 Å². The van der Waals surface area contributed by atoms with Crippen LogP contribution in [0, 0.1) is 5.82 Å². The zero-order chi connectivity index (χ0) is 26.3. The number of amides is 2. The van der Waals surface area contributed by atoms with Gasteiger partial charge in [0.05, 0.1) is 11.2 Å². The molecule has 11 heteroatoms. The van der Waals surface area contributed by atoms with E-state index < -0.39 is 23.4 Å². The Balaban J connectivity index is 1.32. The number of nitrogens with zero attached hydrogens (tertiary/aromatic N) is 5. The molecular formula is C26H29FN6O4. The first-order valence-corrected chi connectivity index (χ1v) is 12.3. The summed E-state index contributed by atoms with van der Waals surface area (Å²) in [6.45, 7) is 5.57. The van der Waals surface area contributed by atoms with E-state index in [2.05, 4.69) is 32.0 Å². The molecule has 0 saturated heterocycles. The molecule has 2 amide bonds. The third-order valence-electron chi connectivity index (χ3n) is 6.57. The van der Waals surface area contributed by atoms with Gasteiger partial charge in [0.1, 0.15) is 29.8 Å². The second-order valence-electron chi connectivity index (χ2n) is 10.2. The molecule has 4 heterocycles. The molecule has 0 aliphatic carbocycles. The number of aromatic nitrogens is 4. The zero-order valence-electron chi connectivity index (χ0n) is 21.0. The number of pyridine rings is 1. The molecule has 0 fully saturated rings. The van der Waals surface area contributed by atoms with Crippen LogP contribution in [0.3, 0.4) is 0 Å². The highest BCUT2D eigenvalue weighted by atomic mass is 19.1. The van der Waals surface area contributed by atoms with Gasteiger partial charge in [0.15, 0.2) is 5.82 Å². The van der Waals surface area contributed by atoms with Crippen LogP contribution < -0.4 is 5.32 Å². The number of carbonyl (C=O) groups is 2. The molecule has 0 radical (unpaired) electrons. The Bertz CT molecular complexity index is 1370. The van der Waals surface area contributed by atoms with Crippen molar-refractivity contribution < 1.29 is 23.8 Å². The van der Waals surface area contributed by atoms with Gasteiger partial charge in [0.25, 0.3) is 5.91 Å². The number of carbonyl (C=O) groups excluding carboxylic acids is 2. The van der Waals surface area contributed by atoms with Crippen LogP contribution in [-0.4, -0.2) is 60.5 Å². The van der Waals surface area contributed by atoms with Gasteiger partial charge in [-0.25, -0.2) is 14.2 Å². The molecule has 5 rings (SSSR count). The average Bonchev–Trinajstić information content (AvgIpc) is 3.44. The van der Waals surface area contributed by atoms with Crippen LogP contribution in [0.4, 0.5) is 15.0 Å². The van der Waals surface area contributed by atoms with E-state index in [9.17, 15) is 19.1 Å². The minimum absolute atomic E-state index is 0.144. The number of rotatable bonds is 5. The SMILES string of the molecule is C[C@@H]1CCc2nnc(-c3cccc(NC(=O)c4cc5c(cc4F)CCN(C(=O)OCC(C)(C)O)C5)n3)n21. The van der Waals surface area contributed by atoms with Crippen LogP contribution in [-0.2, 0) is 24.1 Å². The van der Waals surface area contributed by atoms with E-state index in [0.717, 1.165) is 24.2 Å². The summed E-state index contributed by atoms with van der Waals surface area (Å²) >= 11 is 0. The maximum Gasteiger partial charge on any atom is 0.410 e. The lowest BCUT2D eigenvalue weighted by Crippen LogP contribution is -2.39. The number of nitrogens with one attached hydrogen (secondary N) is 1. The number of aliphatic hydroxyl groups is 1.